The van der Waals surface area contributed by atoms with Crippen molar-refractivity contribution in [1.82, 2.24) is 4.57 Å². The Morgan fingerprint density at radius 2 is 1.62 bits per heavy atom. The van der Waals surface area contributed by atoms with E-state index in [9.17, 15) is 19.1 Å². The molecule has 5 rings (SSSR count). The summed E-state index contributed by atoms with van der Waals surface area (Å²) in [5, 5.41) is 17.8. The number of azo groups is 1. The minimum Gasteiger partial charge on any atom is -0.477 e. The van der Waals surface area contributed by atoms with Gasteiger partial charge in [0.25, 0.3) is 0 Å². The van der Waals surface area contributed by atoms with E-state index in [2.05, 4.69) is 10.2 Å². The van der Waals surface area contributed by atoms with E-state index in [1.165, 1.54) is 6.20 Å². The van der Waals surface area contributed by atoms with Crippen molar-refractivity contribution < 1.29 is 14.3 Å². The van der Waals surface area contributed by atoms with Gasteiger partial charge in [-0.05, 0) is 54.8 Å². The van der Waals surface area contributed by atoms with Crippen molar-refractivity contribution >= 4 is 28.2 Å². The molecular formula is C25H18FN3O3. The smallest absolute Gasteiger partial charge is 0.341 e. The molecule has 1 aromatic heterocycles. The second-order valence-electron chi connectivity index (χ2n) is 7.75. The summed E-state index contributed by atoms with van der Waals surface area (Å²) in [5.41, 5.74) is 1.83. The molecule has 0 bridgehead atoms. The average molecular weight is 427 g/mol. The lowest BCUT2D eigenvalue weighted by atomic mass is 10.0. The lowest BCUT2D eigenvalue weighted by molar-refractivity contribution is 0.0695. The highest BCUT2D eigenvalue weighted by molar-refractivity contribution is 5.94. The van der Waals surface area contributed by atoms with Gasteiger partial charge in [0, 0.05) is 23.2 Å². The molecule has 6 nitrogen and oxygen atoms in total. The first-order chi connectivity index (χ1) is 15.5. The van der Waals surface area contributed by atoms with Crippen LogP contribution in [0.4, 0.5) is 15.8 Å². The van der Waals surface area contributed by atoms with Gasteiger partial charge in [-0.2, -0.15) is 10.2 Å². The van der Waals surface area contributed by atoms with Gasteiger partial charge in [-0.25, -0.2) is 9.18 Å². The fourth-order valence-corrected chi connectivity index (χ4v) is 3.72. The number of fused-ring (bicyclic) bond motifs is 1. The Hall–Kier alpha value is -4.13. The first-order valence-electron chi connectivity index (χ1n) is 10.2. The molecule has 1 saturated carbocycles. The van der Waals surface area contributed by atoms with Crippen molar-refractivity contribution in [2.45, 2.75) is 18.9 Å². The summed E-state index contributed by atoms with van der Waals surface area (Å²) in [6.07, 6.45) is 3.16. The molecule has 1 heterocycles. The number of hydrogen-bond donors (Lipinski definition) is 1. The summed E-state index contributed by atoms with van der Waals surface area (Å²) < 4.78 is 16.8. The van der Waals surface area contributed by atoms with Gasteiger partial charge in [0.2, 0.25) is 5.43 Å². The Morgan fingerprint density at radius 1 is 0.969 bits per heavy atom. The van der Waals surface area contributed by atoms with E-state index in [-0.39, 0.29) is 17.0 Å². The molecule has 3 aromatic carbocycles. The molecule has 1 aliphatic carbocycles. The maximum Gasteiger partial charge on any atom is 0.341 e. The van der Waals surface area contributed by atoms with Crippen LogP contribution in [-0.2, 0) is 0 Å². The summed E-state index contributed by atoms with van der Waals surface area (Å²) >= 11 is 0. The van der Waals surface area contributed by atoms with Crippen LogP contribution in [0.2, 0.25) is 0 Å². The zero-order valence-electron chi connectivity index (χ0n) is 16.9. The largest absolute Gasteiger partial charge is 0.477 e. The molecular weight excluding hydrogens is 409 g/mol. The van der Waals surface area contributed by atoms with Crippen molar-refractivity contribution in [3.05, 3.63) is 94.5 Å². The monoisotopic (exact) mass is 427 g/mol. The number of hydrogen-bond acceptors (Lipinski definition) is 4. The number of carbonyl (C=O) groups is 1. The highest BCUT2D eigenvalue weighted by atomic mass is 19.1. The Bertz CT molecular complexity index is 1420. The van der Waals surface area contributed by atoms with E-state index in [0.29, 0.717) is 22.3 Å². The number of pyridine rings is 1. The Kier molecular flexibility index (Phi) is 4.86. The Morgan fingerprint density at radius 3 is 2.25 bits per heavy atom. The molecule has 158 valence electrons. The number of aromatic nitrogens is 1. The summed E-state index contributed by atoms with van der Waals surface area (Å²) in [5.74, 6) is -1.89. The molecule has 0 amide bonds. The minimum atomic E-state index is -1.31. The van der Waals surface area contributed by atoms with Gasteiger partial charge in [0.1, 0.15) is 11.4 Å². The highest BCUT2D eigenvalue weighted by Crippen LogP contribution is 2.38. The van der Waals surface area contributed by atoms with Crippen molar-refractivity contribution in [2.24, 2.45) is 10.2 Å². The molecule has 4 aromatic rings. The topological polar surface area (TPSA) is 84.0 Å². The van der Waals surface area contributed by atoms with Crippen LogP contribution in [0.15, 0.2) is 87.9 Å². The van der Waals surface area contributed by atoms with Crippen LogP contribution >= 0.6 is 0 Å². The average Bonchev–Trinajstić information content (AvgIpc) is 3.64. The molecule has 0 saturated heterocycles. The van der Waals surface area contributed by atoms with Crippen LogP contribution in [0.1, 0.15) is 29.2 Å². The van der Waals surface area contributed by atoms with E-state index >= 15 is 0 Å². The van der Waals surface area contributed by atoms with Gasteiger partial charge in [-0.1, -0.05) is 30.3 Å². The van der Waals surface area contributed by atoms with Gasteiger partial charge < -0.3 is 9.67 Å². The maximum absolute atomic E-state index is 15.0. The molecule has 0 radical (unpaired) electrons. The van der Waals surface area contributed by atoms with Gasteiger partial charge in [-0.15, -0.1) is 0 Å². The van der Waals surface area contributed by atoms with Crippen molar-refractivity contribution in [1.29, 1.82) is 0 Å². The van der Waals surface area contributed by atoms with Crippen LogP contribution < -0.4 is 5.43 Å². The number of carboxylic acid groups (broad SMARTS) is 1. The fraction of sp³-hybridized carbons (Fsp3) is 0.120. The summed E-state index contributed by atoms with van der Waals surface area (Å²) in [6.45, 7) is 0. The first-order valence-corrected chi connectivity index (χ1v) is 10.2. The Labute approximate surface area is 182 Å². The third-order valence-electron chi connectivity index (χ3n) is 5.51. The molecule has 7 heteroatoms. The molecule has 1 fully saturated rings. The van der Waals surface area contributed by atoms with Gasteiger partial charge in [0.15, 0.2) is 0 Å². The summed E-state index contributed by atoms with van der Waals surface area (Å²) in [6, 6.07) is 19.2. The zero-order chi connectivity index (χ0) is 22.2. The van der Waals surface area contributed by atoms with Crippen LogP contribution in [0.25, 0.3) is 22.0 Å². The third kappa shape index (κ3) is 3.69. The number of benzene rings is 3. The predicted molar refractivity (Wildman–Crippen MR) is 119 cm³/mol. The van der Waals surface area contributed by atoms with Crippen molar-refractivity contribution in [3.8, 4) is 11.1 Å². The normalized spacial score (nSPS) is 13.7. The number of carboxylic acids is 1. The van der Waals surface area contributed by atoms with Gasteiger partial charge >= 0.3 is 5.97 Å². The quantitative estimate of drug-likeness (QED) is 0.382. The zero-order valence-corrected chi connectivity index (χ0v) is 16.9. The van der Waals surface area contributed by atoms with Crippen LogP contribution in [-0.4, -0.2) is 15.6 Å². The molecule has 0 aliphatic heterocycles. The van der Waals surface area contributed by atoms with Gasteiger partial charge in [-0.3, -0.25) is 4.79 Å². The SMILES string of the molecule is O=C(O)c1cn(C2CC2)c2cc(-c3ccc(/N=N/c4ccccc4)cc3)c(F)cc2c1=O. The van der Waals surface area contributed by atoms with Crippen molar-refractivity contribution in [3.63, 3.8) is 0 Å². The molecule has 32 heavy (non-hydrogen) atoms. The molecule has 0 atom stereocenters. The summed E-state index contributed by atoms with van der Waals surface area (Å²) in [4.78, 5) is 24.1. The number of halogens is 1. The molecule has 1 aliphatic rings. The number of nitrogens with zero attached hydrogens (tertiary/aromatic N) is 3. The Balaban J connectivity index is 1.56. The minimum absolute atomic E-state index is 0.0753. The third-order valence-corrected chi connectivity index (χ3v) is 5.51. The van der Waals surface area contributed by atoms with Gasteiger partial charge in [0.05, 0.1) is 16.9 Å². The summed E-state index contributed by atoms with van der Waals surface area (Å²) in [7, 11) is 0. The maximum atomic E-state index is 15.0. The lowest BCUT2D eigenvalue weighted by Crippen LogP contribution is -2.19. The second-order valence-corrected chi connectivity index (χ2v) is 7.75. The molecule has 1 N–H and O–H groups in total. The number of aromatic carboxylic acids is 1. The van der Waals surface area contributed by atoms with Crippen LogP contribution in [0, 0.1) is 5.82 Å². The first kappa shape index (κ1) is 19.8. The molecule has 0 unspecified atom stereocenters. The van der Waals surface area contributed by atoms with E-state index in [1.54, 1.807) is 34.9 Å². The second kappa shape index (κ2) is 7.85. The standard InChI is InChI=1S/C25H18FN3O3/c26-22-12-20-23(29(18-10-11-18)14-21(24(20)30)25(31)32)13-19(22)15-6-8-17(9-7-15)28-27-16-4-2-1-3-5-16/h1-9,12-14,18H,10-11H2,(H,31,32)/b28-27+. The van der Waals surface area contributed by atoms with Crippen LogP contribution in [0.3, 0.4) is 0 Å². The van der Waals surface area contributed by atoms with E-state index in [4.69, 9.17) is 0 Å². The van der Waals surface area contributed by atoms with E-state index in [1.807, 2.05) is 30.3 Å². The lowest BCUT2D eigenvalue weighted by Gasteiger charge is -2.14. The highest BCUT2D eigenvalue weighted by Gasteiger charge is 2.27. The number of rotatable bonds is 5. The van der Waals surface area contributed by atoms with E-state index < -0.39 is 17.2 Å². The fourth-order valence-electron chi connectivity index (χ4n) is 3.72. The van der Waals surface area contributed by atoms with Crippen molar-refractivity contribution in [2.75, 3.05) is 0 Å². The van der Waals surface area contributed by atoms with Crippen LogP contribution in [0.5, 0.6) is 0 Å². The predicted octanol–water partition coefficient (Wildman–Crippen LogP) is 6.26. The van der Waals surface area contributed by atoms with E-state index in [0.717, 1.165) is 24.6 Å². The molecule has 0 spiro atoms.